The van der Waals surface area contributed by atoms with Crippen LogP contribution in [0.3, 0.4) is 0 Å². The van der Waals surface area contributed by atoms with Crippen molar-refractivity contribution in [3.8, 4) is 23.0 Å². The van der Waals surface area contributed by atoms with Gasteiger partial charge in [-0.2, -0.15) is 4.98 Å². The van der Waals surface area contributed by atoms with Gasteiger partial charge in [-0.25, -0.2) is 0 Å². The Balaban J connectivity index is 1.97. The van der Waals surface area contributed by atoms with Crippen LogP contribution in [0, 0.1) is 6.92 Å². The van der Waals surface area contributed by atoms with Gasteiger partial charge in [0.2, 0.25) is 5.82 Å². The van der Waals surface area contributed by atoms with E-state index < -0.39 is 0 Å². The van der Waals surface area contributed by atoms with E-state index in [9.17, 15) is 0 Å². The highest BCUT2D eigenvalue weighted by molar-refractivity contribution is 5.61. The first kappa shape index (κ1) is 11.7. The van der Waals surface area contributed by atoms with Gasteiger partial charge in [0.15, 0.2) is 5.76 Å². The van der Waals surface area contributed by atoms with E-state index in [0.29, 0.717) is 29.8 Å². The van der Waals surface area contributed by atoms with Crippen LogP contribution in [0.4, 0.5) is 0 Å². The smallest absolute Gasteiger partial charge is 0.293 e. The topological polar surface area (TPSA) is 78.1 Å². The number of hydrogen-bond donors (Lipinski definition) is 1. The molecule has 0 aliphatic heterocycles. The zero-order chi connectivity index (χ0) is 13.2. The number of furan rings is 1. The predicted octanol–water partition coefficient (Wildman–Crippen LogP) is 2.76. The van der Waals surface area contributed by atoms with E-state index in [1.54, 1.807) is 12.1 Å². The van der Waals surface area contributed by atoms with Crippen LogP contribution in [-0.2, 0) is 6.54 Å². The first-order valence-corrected chi connectivity index (χ1v) is 5.97. The molecular formula is C14H13N3O2. The molecule has 0 bridgehead atoms. The zero-order valence-electron chi connectivity index (χ0n) is 10.5. The van der Waals surface area contributed by atoms with Gasteiger partial charge in [0.1, 0.15) is 5.76 Å². The van der Waals surface area contributed by atoms with E-state index in [4.69, 9.17) is 14.7 Å². The SMILES string of the molecule is Cc1ccccc1-c1noc(-c2ccc(CN)o2)n1. The van der Waals surface area contributed by atoms with E-state index in [1.807, 2.05) is 31.2 Å². The Kier molecular flexibility index (Phi) is 2.89. The second kappa shape index (κ2) is 4.70. The fraction of sp³-hybridized carbons (Fsp3) is 0.143. The summed E-state index contributed by atoms with van der Waals surface area (Å²) in [4.78, 5) is 4.35. The lowest BCUT2D eigenvalue weighted by atomic mass is 10.1. The minimum atomic E-state index is 0.346. The van der Waals surface area contributed by atoms with Gasteiger partial charge in [-0.1, -0.05) is 29.4 Å². The molecule has 0 amide bonds. The number of rotatable bonds is 3. The van der Waals surface area contributed by atoms with Crippen molar-refractivity contribution in [2.45, 2.75) is 13.5 Å². The van der Waals surface area contributed by atoms with E-state index in [-0.39, 0.29) is 0 Å². The maximum atomic E-state index is 5.50. The van der Waals surface area contributed by atoms with Crippen molar-refractivity contribution in [3.63, 3.8) is 0 Å². The fourth-order valence-corrected chi connectivity index (χ4v) is 1.86. The maximum absolute atomic E-state index is 5.50. The average Bonchev–Trinajstić information content (AvgIpc) is 3.08. The summed E-state index contributed by atoms with van der Waals surface area (Å²) in [7, 11) is 0. The molecule has 96 valence electrons. The molecule has 5 nitrogen and oxygen atoms in total. The maximum Gasteiger partial charge on any atom is 0.293 e. The van der Waals surface area contributed by atoms with Gasteiger partial charge in [0.05, 0.1) is 6.54 Å². The fourth-order valence-electron chi connectivity index (χ4n) is 1.86. The molecule has 2 N–H and O–H groups in total. The monoisotopic (exact) mass is 255 g/mol. The van der Waals surface area contributed by atoms with Crippen LogP contribution in [-0.4, -0.2) is 10.1 Å². The van der Waals surface area contributed by atoms with Crippen molar-refractivity contribution in [2.24, 2.45) is 5.73 Å². The van der Waals surface area contributed by atoms with Crippen LogP contribution in [0.1, 0.15) is 11.3 Å². The Morgan fingerprint density at radius 2 is 2.00 bits per heavy atom. The first-order valence-electron chi connectivity index (χ1n) is 5.97. The highest BCUT2D eigenvalue weighted by Crippen LogP contribution is 2.25. The average molecular weight is 255 g/mol. The summed E-state index contributed by atoms with van der Waals surface area (Å²) in [6, 6.07) is 11.4. The molecule has 1 aromatic carbocycles. The summed E-state index contributed by atoms with van der Waals surface area (Å²) in [5.74, 6) is 2.13. The molecule has 0 saturated carbocycles. The number of nitrogens with zero attached hydrogens (tertiary/aromatic N) is 2. The quantitative estimate of drug-likeness (QED) is 0.778. The Labute approximate surface area is 110 Å². The molecule has 5 heteroatoms. The molecule has 0 unspecified atom stereocenters. The van der Waals surface area contributed by atoms with Crippen LogP contribution >= 0.6 is 0 Å². The third-order valence-corrected chi connectivity index (χ3v) is 2.89. The number of aryl methyl sites for hydroxylation is 1. The minimum Gasteiger partial charge on any atom is -0.455 e. The lowest BCUT2D eigenvalue weighted by molar-refractivity contribution is 0.412. The number of nitrogens with two attached hydrogens (primary N) is 1. The van der Waals surface area contributed by atoms with Crippen molar-refractivity contribution in [1.29, 1.82) is 0 Å². The Bertz CT molecular complexity index is 700. The number of hydrogen-bond acceptors (Lipinski definition) is 5. The van der Waals surface area contributed by atoms with Crippen molar-refractivity contribution in [1.82, 2.24) is 10.1 Å². The van der Waals surface area contributed by atoms with Crippen LogP contribution in [0.5, 0.6) is 0 Å². The van der Waals surface area contributed by atoms with Gasteiger partial charge in [-0.05, 0) is 24.6 Å². The molecule has 2 heterocycles. The van der Waals surface area contributed by atoms with E-state index in [2.05, 4.69) is 10.1 Å². The standard InChI is InChI=1S/C14H13N3O2/c1-9-4-2-3-5-11(9)13-16-14(19-17-13)12-7-6-10(8-15)18-12/h2-7H,8,15H2,1H3. The van der Waals surface area contributed by atoms with Crippen LogP contribution in [0.2, 0.25) is 0 Å². The molecule has 0 radical (unpaired) electrons. The highest BCUT2D eigenvalue weighted by atomic mass is 16.5. The zero-order valence-corrected chi connectivity index (χ0v) is 10.5. The molecule has 0 spiro atoms. The van der Waals surface area contributed by atoms with Gasteiger partial charge < -0.3 is 14.7 Å². The summed E-state index contributed by atoms with van der Waals surface area (Å²) in [5.41, 5.74) is 7.54. The first-order chi connectivity index (χ1) is 9.28. The molecule has 0 atom stereocenters. The van der Waals surface area contributed by atoms with Crippen molar-refractivity contribution in [3.05, 3.63) is 47.7 Å². The van der Waals surface area contributed by atoms with E-state index in [1.165, 1.54) is 0 Å². The van der Waals surface area contributed by atoms with Crippen molar-refractivity contribution >= 4 is 0 Å². The van der Waals surface area contributed by atoms with Gasteiger partial charge in [-0.15, -0.1) is 0 Å². The Morgan fingerprint density at radius 3 is 2.74 bits per heavy atom. The molecule has 0 aliphatic carbocycles. The second-order valence-corrected chi connectivity index (χ2v) is 4.21. The Morgan fingerprint density at radius 1 is 1.16 bits per heavy atom. The summed E-state index contributed by atoms with van der Waals surface area (Å²) < 4.78 is 10.7. The van der Waals surface area contributed by atoms with Crippen molar-refractivity contribution < 1.29 is 8.94 Å². The third kappa shape index (κ3) is 2.15. The summed E-state index contributed by atoms with van der Waals surface area (Å²) >= 11 is 0. The lowest BCUT2D eigenvalue weighted by Gasteiger charge is -1.97. The third-order valence-electron chi connectivity index (χ3n) is 2.89. The summed E-state index contributed by atoms with van der Waals surface area (Å²) in [5, 5.41) is 3.98. The molecule has 0 aliphatic rings. The van der Waals surface area contributed by atoms with Crippen LogP contribution in [0.15, 0.2) is 45.3 Å². The normalized spacial score (nSPS) is 10.8. The van der Waals surface area contributed by atoms with Crippen molar-refractivity contribution in [2.75, 3.05) is 0 Å². The van der Waals surface area contributed by atoms with Gasteiger partial charge in [-0.3, -0.25) is 0 Å². The summed E-state index contributed by atoms with van der Waals surface area (Å²) in [6.07, 6.45) is 0. The molecule has 0 saturated heterocycles. The number of aromatic nitrogens is 2. The molecule has 19 heavy (non-hydrogen) atoms. The van der Waals surface area contributed by atoms with Gasteiger partial charge in [0, 0.05) is 5.56 Å². The largest absolute Gasteiger partial charge is 0.455 e. The number of benzene rings is 1. The van der Waals surface area contributed by atoms with Crippen LogP contribution < -0.4 is 5.73 Å². The lowest BCUT2D eigenvalue weighted by Crippen LogP contribution is -1.92. The Hall–Kier alpha value is -2.40. The second-order valence-electron chi connectivity index (χ2n) is 4.21. The van der Waals surface area contributed by atoms with Gasteiger partial charge in [0.25, 0.3) is 5.89 Å². The molecule has 2 aromatic heterocycles. The van der Waals surface area contributed by atoms with Gasteiger partial charge >= 0.3 is 0 Å². The van der Waals surface area contributed by atoms with E-state index in [0.717, 1.165) is 11.1 Å². The highest BCUT2D eigenvalue weighted by Gasteiger charge is 2.14. The molecule has 0 fully saturated rings. The molecule has 3 rings (SSSR count). The van der Waals surface area contributed by atoms with E-state index >= 15 is 0 Å². The molecule has 3 aromatic rings. The predicted molar refractivity (Wildman–Crippen MR) is 70.1 cm³/mol. The molecular weight excluding hydrogens is 242 g/mol. The minimum absolute atomic E-state index is 0.346. The van der Waals surface area contributed by atoms with Crippen LogP contribution in [0.25, 0.3) is 23.0 Å². The summed E-state index contributed by atoms with van der Waals surface area (Å²) in [6.45, 7) is 2.35.